The van der Waals surface area contributed by atoms with Crippen LogP contribution in [0, 0.1) is 0 Å². The third-order valence-electron chi connectivity index (χ3n) is 3.64. The minimum Gasteiger partial charge on any atom is -0.366 e. The predicted octanol–water partition coefficient (Wildman–Crippen LogP) is 0.0194. The lowest BCUT2D eigenvalue weighted by molar-refractivity contribution is -0.154. The van der Waals surface area contributed by atoms with Gasteiger partial charge in [0.25, 0.3) is 5.91 Å². The Labute approximate surface area is 120 Å². The molecule has 2 fully saturated rings. The Morgan fingerprint density at radius 2 is 1.95 bits per heavy atom. The van der Waals surface area contributed by atoms with Gasteiger partial charge in [-0.2, -0.15) is 8.78 Å². The van der Waals surface area contributed by atoms with Crippen LogP contribution in [0.15, 0.2) is 0 Å². The molecule has 5 nitrogen and oxygen atoms in total. The van der Waals surface area contributed by atoms with E-state index in [1.54, 1.807) is 0 Å². The molecule has 2 heterocycles. The van der Waals surface area contributed by atoms with Crippen LogP contribution in [0.5, 0.6) is 0 Å². The molecule has 0 radical (unpaired) electrons. The summed E-state index contributed by atoms with van der Waals surface area (Å²) in [7, 11) is 0. The van der Waals surface area contributed by atoms with E-state index >= 15 is 0 Å². The summed E-state index contributed by atoms with van der Waals surface area (Å²) in [5, 5.41) is 3.04. The topological polar surface area (TPSA) is 44.8 Å². The van der Waals surface area contributed by atoms with Crippen LogP contribution in [-0.2, 0) is 9.53 Å². The van der Waals surface area contributed by atoms with Gasteiger partial charge >= 0.3 is 12.3 Å². The summed E-state index contributed by atoms with van der Waals surface area (Å²) >= 11 is 0. The van der Waals surface area contributed by atoms with Gasteiger partial charge < -0.3 is 15.0 Å². The van der Waals surface area contributed by atoms with Crippen molar-refractivity contribution in [3.05, 3.63) is 0 Å². The molecule has 2 aliphatic rings. The van der Waals surface area contributed by atoms with Crippen molar-refractivity contribution < 1.29 is 27.1 Å². The number of carbonyl (C=O) groups is 1. The first-order valence-corrected chi connectivity index (χ1v) is 6.89. The number of morpholine rings is 1. The van der Waals surface area contributed by atoms with E-state index in [-0.39, 0.29) is 32.1 Å². The highest BCUT2D eigenvalue weighted by Gasteiger charge is 2.43. The first-order chi connectivity index (χ1) is 9.90. The summed E-state index contributed by atoms with van der Waals surface area (Å²) in [6, 6.07) is 0. The summed E-state index contributed by atoms with van der Waals surface area (Å²) < 4.78 is 55.6. The molecule has 21 heavy (non-hydrogen) atoms. The SMILES string of the molecule is O=C(C1CNCCO1)N1CCN(CC(F)(F)C(F)F)CC1. The molecule has 122 valence electrons. The molecule has 9 heteroatoms. The van der Waals surface area contributed by atoms with Crippen LogP contribution in [0.2, 0.25) is 0 Å². The smallest absolute Gasteiger partial charge is 0.319 e. The standard InChI is InChI=1S/C12H19F4N3O2/c13-11(14)12(15,16)8-18-2-4-19(5-3-18)10(20)9-7-17-1-6-21-9/h9,11,17H,1-8H2. The predicted molar refractivity (Wildman–Crippen MR) is 66.6 cm³/mol. The van der Waals surface area contributed by atoms with Crippen molar-refractivity contribution in [2.75, 3.05) is 52.4 Å². The molecule has 2 saturated heterocycles. The minimum absolute atomic E-state index is 0.161. The zero-order valence-electron chi connectivity index (χ0n) is 11.5. The molecular weight excluding hydrogens is 294 g/mol. The lowest BCUT2D eigenvalue weighted by atomic mass is 10.2. The largest absolute Gasteiger partial charge is 0.366 e. The maximum atomic E-state index is 13.0. The van der Waals surface area contributed by atoms with Gasteiger partial charge in [0, 0.05) is 39.3 Å². The Morgan fingerprint density at radius 3 is 2.48 bits per heavy atom. The minimum atomic E-state index is -4.01. The molecule has 0 aromatic carbocycles. The first-order valence-electron chi connectivity index (χ1n) is 6.89. The highest BCUT2D eigenvalue weighted by Crippen LogP contribution is 2.24. The van der Waals surface area contributed by atoms with Crippen LogP contribution >= 0.6 is 0 Å². The molecule has 2 rings (SSSR count). The van der Waals surface area contributed by atoms with E-state index in [2.05, 4.69) is 5.32 Å². The Morgan fingerprint density at radius 1 is 1.29 bits per heavy atom. The van der Waals surface area contributed by atoms with Gasteiger partial charge in [0.15, 0.2) is 0 Å². The molecule has 1 atom stereocenters. The normalized spacial score (nSPS) is 25.4. The lowest BCUT2D eigenvalue weighted by Gasteiger charge is -2.38. The summed E-state index contributed by atoms with van der Waals surface area (Å²) in [5.74, 6) is -4.19. The number of halogens is 4. The number of hydrogen-bond donors (Lipinski definition) is 1. The van der Waals surface area contributed by atoms with E-state index in [4.69, 9.17) is 4.74 Å². The second-order valence-corrected chi connectivity index (χ2v) is 5.23. The molecule has 0 spiro atoms. The van der Waals surface area contributed by atoms with Crippen molar-refractivity contribution >= 4 is 5.91 Å². The second-order valence-electron chi connectivity index (χ2n) is 5.23. The van der Waals surface area contributed by atoms with Crippen LogP contribution < -0.4 is 5.32 Å². The number of nitrogens with zero attached hydrogens (tertiary/aromatic N) is 2. The fourth-order valence-electron chi connectivity index (χ4n) is 2.42. The number of rotatable bonds is 4. The van der Waals surface area contributed by atoms with E-state index in [9.17, 15) is 22.4 Å². The van der Waals surface area contributed by atoms with Gasteiger partial charge in [-0.25, -0.2) is 8.78 Å². The highest BCUT2D eigenvalue weighted by molar-refractivity contribution is 5.81. The van der Waals surface area contributed by atoms with Gasteiger partial charge in [-0.15, -0.1) is 0 Å². The van der Waals surface area contributed by atoms with Crippen LogP contribution in [0.4, 0.5) is 17.6 Å². The number of amides is 1. The molecule has 2 aliphatic heterocycles. The molecule has 0 bridgehead atoms. The Kier molecular flexibility index (Phi) is 5.39. The average molecular weight is 313 g/mol. The molecule has 0 saturated carbocycles. The van der Waals surface area contributed by atoms with Crippen molar-refractivity contribution in [1.82, 2.24) is 15.1 Å². The van der Waals surface area contributed by atoms with Gasteiger partial charge in [-0.05, 0) is 0 Å². The monoisotopic (exact) mass is 313 g/mol. The summed E-state index contributed by atoms with van der Waals surface area (Å²) in [6.45, 7) is 1.42. The Balaban J connectivity index is 1.78. The number of piperazine rings is 1. The van der Waals surface area contributed by atoms with E-state index in [0.29, 0.717) is 19.7 Å². The first kappa shape index (κ1) is 16.4. The van der Waals surface area contributed by atoms with E-state index in [1.165, 1.54) is 9.80 Å². The van der Waals surface area contributed by atoms with Crippen molar-refractivity contribution in [2.24, 2.45) is 0 Å². The summed E-state index contributed by atoms with van der Waals surface area (Å²) in [4.78, 5) is 14.9. The summed E-state index contributed by atoms with van der Waals surface area (Å²) in [5.41, 5.74) is 0. The number of hydrogen-bond acceptors (Lipinski definition) is 4. The van der Waals surface area contributed by atoms with Crippen LogP contribution in [0.25, 0.3) is 0 Å². The fourth-order valence-corrected chi connectivity index (χ4v) is 2.42. The van der Waals surface area contributed by atoms with Crippen molar-refractivity contribution in [3.63, 3.8) is 0 Å². The van der Waals surface area contributed by atoms with Crippen molar-refractivity contribution in [1.29, 1.82) is 0 Å². The molecule has 0 aliphatic carbocycles. The highest BCUT2D eigenvalue weighted by atomic mass is 19.3. The van der Waals surface area contributed by atoms with Gasteiger partial charge in [-0.3, -0.25) is 9.69 Å². The fraction of sp³-hybridized carbons (Fsp3) is 0.917. The van der Waals surface area contributed by atoms with Crippen LogP contribution in [-0.4, -0.2) is 86.6 Å². The molecule has 0 aromatic rings. The number of nitrogens with one attached hydrogen (secondary N) is 1. The number of ether oxygens (including phenoxy) is 1. The zero-order valence-corrected chi connectivity index (χ0v) is 11.5. The average Bonchev–Trinajstić information content (AvgIpc) is 2.48. The zero-order chi connectivity index (χ0) is 15.5. The molecule has 1 unspecified atom stereocenters. The van der Waals surface area contributed by atoms with Crippen molar-refractivity contribution in [2.45, 2.75) is 18.5 Å². The molecular formula is C12H19F4N3O2. The third kappa shape index (κ3) is 4.27. The number of alkyl halides is 4. The van der Waals surface area contributed by atoms with Gasteiger partial charge in [0.2, 0.25) is 0 Å². The van der Waals surface area contributed by atoms with E-state index < -0.39 is 25.0 Å². The Bertz CT molecular complexity index is 356. The molecule has 0 aromatic heterocycles. The number of carbonyl (C=O) groups excluding carboxylic acids is 1. The maximum absolute atomic E-state index is 13.0. The molecule has 1 N–H and O–H groups in total. The second kappa shape index (κ2) is 6.89. The summed E-state index contributed by atoms with van der Waals surface area (Å²) in [6.07, 6.45) is -4.22. The lowest BCUT2D eigenvalue weighted by Crippen LogP contribution is -2.56. The maximum Gasteiger partial charge on any atom is 0.319 e. The quantitative estimate of drug-likeness (QED) is 0.743. The van der Waals surface area contributed by atoms with Gasteiger partial charge in [0.1, 0.15) is 6.10 Å². The van der Waals surface area contributed by atoms with E-state index in [1.807, 2.05) is 0 Å². The van der Waals surface area contributed by atoms with Gasteiger partial charge in [-0.1, -0.05) is 0 Å². The van der Waals surface area contributed by atoms with Crippen LogP contribution in [0.3, 0.4) is 0 Å². The Hall–Kier alpha value is -0.930. The third-order valence-corrected chi connectivity index (χ3v) is 3.64. The van der Waals surface area contributed by atoms with Crippen LogP contribution in [0.1, 0.15) is 0 Å². The van der Waals surface area contributed by atoms with E-state index in [0.717, 1.165) is 0 Å². The van der Waals surface area contributed by atoms with Gasteiger partial charge in [0.05, 0.1) is 13.2 Å². The molecule has 1 amide bonds. The van der Waals surface area contributed by atoms with Crippen molar-refractivity contribution in [3.8, 4) is 0 Å².